The highest BCUT2D eigenvalue weighted by molar-refractivity contribution is 6.38. The van der Waals surface area contributed by atoms with Gasteiger partial charge in [0.2, 0.25) is 0 Å². The molecule has 2 aromatic carbocycles. The Labute approximate surface area is 114 Å². The molecule has 2 aromatic rings. The minimum atomic E-state index is -1.47. The number of fused-ring (bicyclic) bond motifs is 3. The number of halogens is 2. The van der Waals surface area contributed by atoms with E-state index in [2.05, 4.69) is 0 Å². The van der Waals surface area contributed by atoms with Gasteiger partial charge in [-0.15, -0.1) is 0 Å². The summed E-state index contributed by atoms with van der Waals surface area (Å²) in [6, 6.07) is 11.6. The van der Waals surface area contributed by atoms with Crippen LogP contribution in [0, 0.1) is 5.82 Å². The number of hydrogen-bond donors (Lipinski definition) is 0. The molecule has 1 aliphatic rings. The van der Waals surface area contributed by atoms with Gasteiger partial charge in [-0.25, -0.2) is 9.18 Å². The summed E-state index contributed by atoms with van der Waals surface area (Å²) in [5, 5.41) is 0. The minimum Gasteiger partial charge on any atom is -0.467 e. The van der Waals surface area contributed by atoms with Crippen LogP contribution < -0.4 is 0 Å². The van der Waals surface area contributed by atoms with Gasteiger partial charge in [0.25, 0.3) is 0 Å². The summed E-state index contributed by atoms with van der Waals surface area (Å²) < 4.78 is 18.3. The van der Waals surface area contributed by atoms with Crippen LogP contribution in [0.3, 0.4) is 0 Å². The summed E-state index contributed by atoms with van der Waals surface area (Å²) in [6.45, 7) is 0. The first-order chi connectivity index (χ1) is 9.09. The Bertz CT molecular complexity index is 684. The predicted octanol–water partition coefficient (Wildman–Crippen LogP) is 3.46. The van der Waals surface area contributed by atoms with Gasteiger partial charge in [-0.3, -0.25) is 0 Å². The highest BCUT2D eigenvalue weighted by atomic mass is 35.5. The van der Waals surface area contributed by atoms with Gasteiger partial charge in [0.15, 0.2) is 4.87 Å². The van der Waals surface area contributed by atoms with Crippen molar-refractivity contribution in [3.63, 3.8) is 0 Å². The van der Waals surface area contributed by atoms with Gasteiger partial charge < -0.3 is 4.74 Å². The fourth-order valence-electron chi connectivity index (χ4n) is 2.56. The Morgan fingerprint density at radius 1 is 1.16 bits per heavy atom. The van der Waals surface area contributed by atoms with Gasteiger partial charge in [-0.2, -0.15) is 0 Å². The molecule has 1 aliphatic carbocycles. The lowest BCUT2D eigenvalue weighted by molar-refractivity contribution is -0.142. The van der Waals surface area contributed by atoms with Crippen LogP contribution in [0.2, 0.25) is 0 Å². The predicted molar refractivity (Wildman–Crippen MR) is 70.5 cm³/mol. The van der Waals surface area contributed by atoms with E-state index in [-0.39, 0.29) is 0 Å². The van der Waals surface area contributed by atoms with Crippen molar-refractivity contribution in [2.75, 3.05) is 7.11 Å². The maximum absolute atomic E-state index is 13.5. The van der Waals surface area contributed by atoms with E-state index in [4.69, 9.17) is 16.3 Å². The summed E-state index contributed by atoms with van der Waals surface area (Å²) >= 11 is 6.51. The van der Waals surface area contributed by atoms with Crippen LogP contribution in [0.1, 0.15) is 11.1 Å². The summed E-state index contributed by atoms with van der Waals surface area (Å²) in [6.07, 6.45) is 0. The second kappa shape index (κ2) is 4.07. The quantitative estimate of drug-likeness (QED) is 0.589. The van der Waals surface area contributed by atoms with E-state index >= 15 is 0 Å². The Morgan fingerprint density at radius 2 is 1.84 bits per heavy atom. The largest absolute Gasteiger partial charge is 0.467 e. The first-order valence-electron chi connectivity index (χ1n) is 5.76. The van der Waals surface area contributed by atoms with Gasteiger partial charge in [0, 0.05) is 0 Å². The minimum absolute atomic E-state index is 0.430. The van der Waals surface area contributed by atoms with Crippen molar-refractivity contribution < 1.29 is 13.9 Å². The summed E-state index contributed by atoms with van der Waals surface area (Å²) in [5.41, 5.74) is 2.65. The third-order valence-corrected chi connectivity index (χ3v) is 3.97. The first-order valence-corrected chi connectivity index (χ1v) is 6.14. The number of carbonyl (C=O) groups excluding carboxylic acids is 1. The second-order valence-corrected chi connectivity index (χ2v) is 4.95. The molecule has 1 unspecified atom stereocenters. The van der Waals surface area contributed by atoms with Gasteiger partial charge >= 0.3 is 5.97 Å². The van der Waals surface area contributed by atoms with Gasteiger partial charge in [-0.1, -0.05) is 41.9 Å². The number of benzene rings is 2. The van der Waals surface area contributed by atoms with E-state index in [1.165, 1.54) is 19.2 Å². The van der Waals surface area contributed by atoms with Gasteiger partial charge in [-0.05, 0) is 34.4 Å². The fourth-order valence-corrected chi connectivity index (χ4v) is 2.96. The molecular weight excluding hydrogens is 267 g/mol. The van der Waals surface area contributed by atoms with Crippen molar-refractivity contribution in [2.24, 2.45) is 0 Å². The molecule has 19 heavy (non-hydrogen) atoms. The number of carbonyl (C=O) groups is 1. The van der Waals surface area contributed by atoms with Crippen LogP contribution >= 0.6 is 11.6 Å². The molecule has 3 rings (SSSR count). The first kappa shape index (κ1) is 12.2. The van der Waals surface area contributed by atoms with Crippen LogP contribution in [0.25, 0.3) is 11.1 Å². The molecule has 0 radical (unpaired) electrons. The molecule has 0 saturated heterocycles. The molecule has 2 nitrogen and oxygen atoms in total. The Morgan fingerprint density at radius 3 is 2.58 bits per heavy atom. The van der Waals surface area contributed by atoms with E-state index in [0.29, 0.717) is 11.1 Å². The average Bonchev–Trinajstić information content (AvgIpc) is 2.69. The summed E-state index contributed by atoms with van der Waals surface area (Å²) in [4.78, 5) is 10.6. The van der Waals surface area contributed by atoms with Crippen molar-refractivity contribution in [3.8, 4) is 11.1 Å². The van der Waals surface area contributed by atoms with Crippen LogP contribution in [-0.2, 0) is 14.4 Å². The fraction of sp³-hybridized carbons (Fsp3) is 0.133. The molecule has 0 bridgehead atoms. The van der Waals surface area contributed by atoms with E-state index in [1.54, 1.807) is 18.2 Å². The molecular formula is C15H10ClFO2. The molecule has 0 aromatic heterocycles. The highest BCUT2D eigenvalue weighted by Crippen LogP contribution is 2.52. The zero-order valence-electron chi connectivity index (χ0n) is 10.1. The zero-order chi connectivity index (χ0) is 13.6. The van der Waals surface area contributed by atoms with Crippen molar-refractivity contribution >= 4 is 17.6 Å². The van der Waals surface area contributed by atoms with Crippen molar-refractivity contribution in [1.29, 1.82) is 0 Å². The third kappa shape index (κ3) is 1.51. The van der Waals surface area contributed by atoms with Crippen molar-refractivity contribution in [1.82, 2.24) is 0 Å². The van der Waals surface area contributed by atoms with Crippen LogP contribution in [0.15, 0.2) is 42.5 Å². The lowest BCUT2D eigenvalue weighted by atomic mass is 9.96. The molecule has 0 saturated carbocycles. The Hall–Kier alpha value is -1.87. The van der Waals surface area contributed by atoms with Crippen LogP contribution in [0.5, 0.6) is 0 Å². The molecule has 96 valence electrons. The van der Waals surface area contributed by atoms with Gasteiger partial charge in [0.1, 0.15) is 5.82 Å². The molecule has 1 atom stereocenters. The van der Waals surface area contributed by atoms with Gasteiger partial charge in [0.05, 0.1) is 7.11 Å². The monoisotopic (exact) mass is 276 g/mol. The molecule has 0 aliphatic heterocycles. The summed E-state index contributed by atoms with van der Waals surface area (Å²) in [7, 11) is 1.27. The molecule has 4 heteroatoms. The van der Waals surface area contributed by atoms with Crippen LogP contribution in [-0.4, -0.2) is 13.1 Å². The van der Waals surface area contributed by atoms with E-state index < -0.39 is 16.7 Å². The van der Waals surface area contributed by atoms with E-state index in [9.17, 15) is 9.18 Å². The summed E-state index contributed by atoms with van der Waals surface area (Å²) in [5.74, 6) is -1.04. The lowest BCUT2D eigenvalue weighted by Gasteiger charge is -2.21. The van der Waals surface area contributed by atoms with Crippen LogP contribution in [0.4, 0.5) is 4.39 Å². The molecule has 0 amide bonds. The average molecular weight is 277 g/mol. The van der Waals surface area contributed by atoms with Crippen molar-refractivity contribution in [2.45, 2.75) is 4.87 Å². The number of methoxy groups -OCH3 is 1. The maximum Gasteiger partial charge on any atom is 0.336 e. The number of alkyl halides is 1. The zero-order valence-corrected chi connectivity index (χ0v) is 10.9. The SMILES string of the molecule is COC(=O)C1(Cl)c2ccccc2-c2ccc(F)cc21. The molecule has 0 spiro atoms. The maximum atomic E-state index is 13.5. The number of hydrogen-bond acceptors (Lipinski definition) is 2. The second-order valence-electron chi connectivity index (χ2n) is 4.39. The van der Waals surface area contributed by atoms with Crippen molar-refractivity contribution in [3.05, 3.63) is 59.4 Å². The normalized spacial score (nSPS) is 19.7. The lowest BCUT2D eigenvalue weighted by Crippen LogP contribution is -2.30. The molecule has 0 fully saturated rings. The third-order valence-electron chi connectivity index (χ3n) is 3.41. The Kier molecular flexibility index (Phi) is 2.61. The number of rotatable bonds is 1. The molecule has 0 N–H and O–H groups in total. The smallest absolute Gasteiger partial charge is 0.336 e. The number of esters is 1. The topological polar surface area (TPSA) is 26.3 Å². The van der Waals surface area contributed by atoms with E-state index in [0.717, 1.165) is 11.1 Å². The van der Waals surface area contributed by atoms with E-state index in [1.807, 2.05) is 12.1 Å². The standard InChI is InChI=1S/C15H10ClFO2/c1-19-14(18)15(16)12-5-3-2-4-10(12)11-7-6-9(17)8-13(11)15/h2-8H,1H3. The highest BCUT2D eigenvalue weighted by Gasteiger charge is 2.49. The molecule has 0 heterocycles. The Balaban J connectivity index is 2.38. The number of ether oxygens (including phenoxy) is 1.